The Labute approximate surface area is 113 Å². The second-order valence-corrected chi connectivity index (χ2v) is 5.04. The van der Waals surface area contributed by atoms with Crippen molar-refractivity contribution in [3.63, 3.8) is 0 Å². The van der Waals surface area contributed by atoms with Gasteiger partial charge in [0.15, 0.2) is 0 Å². The third-order valence-corrected chi connectivity index (χ3v) is 3.62. The average molecular weight is 284 g/mol. The van der Waals surface area contributed by atoms with Gasteiger partial charge in [0.1, 0.15) is 10.0 Å². The Bertz CT molecular complexity index is 541. The molecule has 0 atom stereocenters. The van der Waals surface area contributed by atoms with Gasteiger partial charge in [-0.05, 0) is 18.6 Å². The number of hydrogen-bond acceptors (Lipinski definition) is 5. The Balaban J connectivity index is 2.15. The first-order valence-corrected chi connectivity index (χ1v) is 6.69. The molecule has 7 heteroatoms. The molecule has 0 saturated heterocycles. The molecular weight excluding hydrogens is 274 g/mol. The predicted octanol–water partition coefficient (Wildman–Crippen LogP) is 3.28. The lowest BCUT2D eigenvalue weighted by Crippen LogP contribution is -1.86. The van der Waals surface area contributed by atoms with Crippen molar-refractivity contribution in [2.45, 2.75) is 12.8 Å². The maximum absolute atomic E-state index is 10.5. The molecule has 0 aliphatic heterocycles. The van der Waals surface area contributed by atoms with Gasteiger partial charge in [-0.3, -0.25) is 10.1 Å². The summed E-state index contributed by atoms with van der Waals surface area (Å²) in [6.07, 6.45) is 1.69. The van der Waals surface area contributed by atoms with E-state index < -0.39 is 4.92 Å². The smallest absolute Gasteiger partial charge is 0.258 e. The SMILES string of the molecule is O=[N+]([O-])c1ccc(-c2nnc(CCCCl)s2)cc1. The van der Waals surface area contributed by atoms with Crippen LogP contribution in [0.1, 0.15) is 11.4 Å². The summed E-state index contributed by atoms with van der Waals surface area (Å²) in [4.78, 5) is 10.1. The van der Waals surface area contributed by atoms with Gasteiger partial charge in [0.2, 0.25) is 0 Å². The molecule has 0 saturated carbocycles. The van der Waals surface area contributed by atoms with Crippen LogP contribution < -0.4 is 0 Å². The van der Waals surface area contributed by atoms with Crippen LogP contribution in [0.2, 0.25) is 0 Å². The van der Waals surface area contributed by atoms with Crippen molar-refractivity contribution in [3.8, 4) is 10.6 Å². The van der Waals surface area contributed by atoms with Gasteiger partial charge in [-0.15, -0.1) is 21.8 Å². The fourth-order valence-corrected chi connectivity index (χ4v) is 2.44. The number of nitrogens with zero attached hydrogens (tertiary/aromatic N) is 3. The van der Waals surface area contributed by atoms with Gasteiger partial charge in [-0.25, -0.2) is 0 Å². The highest BCUT2D eigenvalue weighted by Crippen LogP contribution is 2.25. The van der Waals surface area contributed by atoms with Crippen LogP contribution >= 0.6 is 22.9 Å². The van der Waals surface area contributed by atoms with E-state index in [1.807, 2.05) is 0 Å². The molecule has 0 bridgehead atoms. The van der Waals surface area contributed by atoms with Crippen molar-refractivity contribution in [1.29, 1.82) is 0 Å². The Morgan fingerprint density at radius 3 is 2.61 bits per heavy atom. The average Bonchev–Trinajstić information content (AvgIpc) is 2.85. The molecular formula is C11H10ClN3O2S. The highest BCUT2D eigenvalue weighted by atomic mass is 35.5. The van der Waals surface area contributed by atoms with E-state index in [0.29, 0.717) is 5.88 Å². The van der Waals surface area contributed by atoms with E-state index in [0.717, 1.165) is 28.4 Å². The number of hydrogen-bond donors (Lipinski definition) is 0. The lowest BCUT2D eigenvalue weighted by atomic mass is 10.2. The van der Waals surface area contributed by atoms with Crippen LogP contribution in [0.3, 0.4) is 0 Å². The normalized spacial score (nSPS) is 10.5. The van der Waals surface area contributed by atoms with Crippen LogP contribution in [-0.2, 0) is 6.42 Å². The minimum absolute atomic E-state index is 0.0747. The summed E-state index contributed by atoms with van der Waals surface area (Å²) >= 11 is 7.10. The molecule has 94 valence electrons. The molecule has 2 rings (SSSR count). The molecule has 0 amide bonds. The van der Waals surface area contributed by atoms with E-state index in [-0.39, 0.29) is 5.69 Å². The number of nitro benzene ring substituents is 1. The molecule has 0 aliphatic carbocycles. The van der Waals surface area contributed by atoms with Crippen LogP contribution in [0.5, 0.6) is 0 Å². The molecule has 5 nitrogen and oxygen atoms in total. The predicted molar refractivity (Wildman–Crippen MR) is 71.0 cm³/mol. The molecule has 1 aromatic carbocycles. The summed E-state index contributed by atoms with van der Waals surface area (Å²) in [7, 11) is 0. The minimum atomic E-state index is -0.421. The molecule has 0 N–H and O–H groups in total. The molecule has 2 aromatic rings. The summed E-state index contributed by atoms with van der Waals surface area (Å²) < 4.78 is 0. The Morgan fingerprint density at radius 2 is 2.00 bits per heavy atom. The molecule has 0 radical (unpaired) electrons. The van der Waals surface area contributed by atoms with Gasteiger partial charge < -0.3 is 0 Å². The van der Waals surface area contributed by atoms with Crippen LogP contribution in [0.15, 0.2) is 24.3 Å². The zero-order chi connectivity index (χ0) is 13.0. The number of rotatable bonds is 5. The first-order valence-electron chi connectivity index (χ1n) is 5.34. The fourth-order valence-electron chi connectivity index (χ4n) is 1.42. The molecule has 0 unspecified atom stereocenters. The van der Waals surface area contributed by atoms with E-state index in [9.17, 15) is 10.1 Å². The summed E-state index contributed by atoms with van der Waals surface area (Å²) in [5, 5.41) is 20.4. The summed E-state index contributed by atoms with van der Waals surface area (Å²) in [5.41, 5.74) is 0.917. The number of halogens is 1. The number of nitro groups is 1. The minimum Gasteiger partial charge on any atom is -0.258 e. The Morgan fingerprint density at radius 1 is 1.28 bits per heavy atom. The Hall–Kier alpha value is -1.53. The number of aryl methyl sites for hydroxylation is 1. The molecule has 0 fully saturated rings. The zero-order valence-corrected chi connectivity index (χ0v) is 10.9. The quantitative estimate of drug-likeness (QED) is 0.480. The number of aromatic nitrogens is 2. The van der Waals surface area contributed by atoms with Crippen LogP contribution in [0, 0.1) is 10.1 Å². The first kappa shape index (κ1) is 12.9. The third-order valence-electron chi connectivity index (χ3n) is 2.32. The van der Waals surface area contributed by atoms with Gasteiger partial charge in [0, 0.05) is 30.0 Å². The van der Waals surface area contributed by atoms with E-state index in [1.54, 1.807) is 12.1 Å². The van der Waals surface area contributed by atoms with E-state index in [4.69, 9.17) is 11.6 Å². The van der Waals surface area contributed by atoms with E-state index in [2.05, 4.69) is 10.2 Å². The van der Waals surface area contributed by atoms with Crippen molar-refractivity contribution >= 4 is 28.6 Å². The van der Waals surface area contributed by atoms with Gasteiger partial charge in [0.05, 0.1) is 4.92 Å². The van der Waals surface area contributed by atoms with Crippen molar-refractivity contribution in [2.24, 2.45) is 0 Å². The van der Waals surface area contributed by atoms with Crippen molar-refractivity contribution < 1.29 is 4.92 Å². The molecule has 1 aromatic heterocycles. The van der Waals surface area contributed by atoms with Crippen molar-refractivity contribution in [1.82, 2.24) is 10.2 Å². The summed E-state index contributed by atoms with van der Waals surface area (Å²) in [6.45, 7) is 0. The molecule has 0 spiro atoms. The fraction of sp³-hybridized carbons (Fsp3) is 0.273. The third kappa shape index (κ3) is 3.02. The molecule has 1 heterocycles. The second kappa shape index (κ2) is 5.88. The maximum Gasteiger partial charge on any atom is 0.269 e. The number of alkyl halides is 1. The lowest BCUT2D eigenvalue weighted by molar-refractivity contribution is -0.384. The van der Waals surface area contributed by atoms with Crippen molar-refractivity contribution in [3.05, 3.63) is 39.4 Å². The van der Waals surface area contributed by atoms with Gasteiger partial charge >= 0.3 is 0 Å². The maximum atomic E-state index is 10.5. The summed E-state index contributed by atoms with van der Waals surface area (Å²) in [6, 6.07) is 6.30. The summed E-state index contributed by atoms with van der Waals surface area (Å²) in [5.74, 6) is 0.604. The van der Waals surface area contributed by atoms with Gasteiger partial charge in [-0.2, -0.15) is 0 Å². The van der Waals surface area contributed by atoms with E-state index in [1.165, 1.54) is 23.5 Å². The highest BCUT2D eigenvalue weighted by molar-refractivity contribution is 7.14. The van der Waals surface area contributed by atoms with Crippen LogP contribution in [-0.4, -0.2) is 21.0 Å². The Kier molecular flexibility index (Phi) is 4.22. The van der Waals surface area contributed by atoms with Crippen molar-refractivity contribution in [2.75, 3.05) is 5.88 Å². The molecule has 0 aliphatic rings. The second-order valence-electron chi connectivity index (χ2n) is 3.60. The zero-order valence-electron chi connectivity index (χ0n) is 9.38. The van der Waals surface area contributed by atoms with Gasteiger partial charge in [0.25, 0.3) is 5.69 Å². The largest absolute Gasteiger partial charge is 0.269 e. The highest BCUT2D eigenvalue weighted by Gasteiger charge is 2.09. The lowest BCUT2D eigenvalue weighted by Gasteiger charge is -1.94. The molecule has 18 heavy (non-hydrogen) atoms. The topological polar surface area (TPSA) is 68.9 Å². The van der Waals surface area contributed by atoms with E-state index >= 15 is 0 Å². The van der Waals surface area contributed by atoms with Crippen LogP contribution in [0.4, 0.5) is 5.69 Å². The monoisotopic (exact) mass is 283 g/mol. The number of benzene rings is 1. The van der Waals surface area contributed by atoms with Crippen LogP contribution in [0.25, 0.3) is 10.6 Å². The standard InChI is InChI=1S/C11H10ClN3O2S/c12-7-1-2-10-13-14-11(18-10)8-3-5-9(6-4-8)15(16)17/h3-6H,1-2,7H2. The van der Waals surface area contributed by atoms with Gasteiger partial charge in [-0.1, -0.05) is 11.3 Å². The first-order chi connectivity index (χ1) is 8.70. The number of non-ortho nitro benzene ring substituents is 1.